The van der Waals surface area contributed by atoms with Crippen LogP contribution in [0.15, 0.2) is 30.6 Å². The first-order valence-corrected chi connectivity index (χ1v) is 25.7. The van der Waals surface area contributed by atoms with E-state index >= 15 is 0 Å². The summed E-state index contributed by atoms with van der Waals surface area (Å²) >= 11 is 0. The number of para-hydroxylation sites is 1. The molecule has 3 N–H and O–H groups in total. The largest absolute Gasteiger partial charge is 0.378 e. The van der Waals surface area contributed by atoms with Crippen LogP contribution in [-0.4, -0.2) is 180 Å². The smallest absolute Gasteiger partial charge is 0.226 e. The van der Waals surface area contributed by atoms with Gasteiger partial charge in [-0.1, -0.05) is 38.5 Å². The Balaban J connectivity index is 0.000000253. The molecule has 326 valence electrons. The van der Waals surface area contributed by atoms with E-state index in [1.807, 2.05) is 26.0 Å². The van der Waals surface area contributed by atoms with E-state index in [2.05, 4.69) is 32.8 Å². The highest BCUT2D eigenvalue weighted by molar-refractivity contribution is 7.88. The minimum Gasteiger partial charge on any atom is -0.378 e. The number of nitrogens with one attached hydrogen (secondary N) is 1. The molecule has 1 aromatic carbocycles. The molecule has 6 heterocycles. The Labute approximate surface area is 345 Å². The molecule has 0 spiro atoms. The molecule has 3 aromatic rings. The number of piperidine rings is 1. The first-order chi connectivity index (χ1) is 27.5. The number of fused-ring (bicyclic) bond motifs is 1. The third-order valence-corrected chi connectivity index (χ3v) is 14.3. The van der Waals surface area contributed by atoms with Crippen molar-refractivity contribution < 1.29 is 34.9 Å². The van der Waals surface area contributed by atoms with Gasteiger partial charge in [0.1, 0.15) is 0 Å². The van der Waals surface area contributed by atoms with Gasteiger partial charge in [-0.3, -0.25) is 4.90 Å². The standard InChI is InChI=1S/C22H28N8O3S.C7H16N2O2S.C6H13NO2S.C2H6/c1-34(31,32)30-7-5-28(6-8-30)15-16-3-2-4-18-19(16)26-22(29-9-11-33-12-10-29)27-20(18)17-13-24-21(23)25-14-17;1-3-8-4-6-9(7-5-8)12(2,10)11;1-10(8,9)7-5-3-2-4-6-7;1-2/h2-4,13-14H,5-12,15H2,1H3,(H2,23,24,25);3-7H2,1-2H3;2-6H2,1H3;1-2H3/p+1. The number of aromatic nitrogens is 4. The molecule has 4 aliphatic rings. The SMILES string of the molecule is CC.CC[NH+]1CCN(S(C)(=O)=O)CC1.CS(=O)(=O)N1CCCCC1.CS(=O)(=O)N1CCN(Cc2cccc3c(-c4cnc(N)nc4)nc(N4CCOCC4)nc23)CC1. The molecule has 58 heavy (non-hydrogen) atoms. The number of hydrogen-bond acceptors (Lipinski definition) is 14. The van der Waals surface area contributed by atoms with Gasteiger partial charge < -0.3 is 20.3 Å². The topological polar surface area (TPSA) is 210 Å². The number of anilines is 2. The van der Waals surface area contributed by atoms with E-state index in [-0.39, 0.29) is 5.95 Å². The molecular weight excluding hydrogens is 807 g/mol. The molecule has 4 fully saturated rings. The minimum atomic E-state index is -3.16. The average molecular weight is 871 g/mol. The maximum absolute atomic E-state index is 11.9. The molecule has 21 heteroatoms. The first kappa shape index (κ1) is 47.5. The van der Waals surface area contributed by atoms with E-state index in [0.29, 0.717) is 65.0 Å². The molecule has 0 aliphatic carbocycles. The van der Waals surface area contributed by atoms with Gasteiger partial charge >= 0.3 is 0 Å². The number of piperazine rings is 2. The van der Waals surface area contributed by atoms with Crippen LogP contribution >= 0.6 is 0 Å². The lowest BCUT2D eigenvalue weighted by Gasteiger charge is -2.33. The number of likely N-dealkylation sites (N-methyl/N-ethyl adjacent to an activating group) is 1. The summed E-state index contributed by atoms with van der Waals surface area (Å²) in [4.78, 5) is 24.1. The van der Waals surface area contributed by atoms with Gasteiger partial charge in [0.15, 0.2) is 0 Å². The van der Waals surface area contributed by atoms with E-state index in [9.17, 15) is 25.3 Å². The van der Waals surface area contributed by atoms with E-state index < -0.39 is 30.1 Å². The van der Waals surface area contributed by atoms with Gasteiger partial charge in [-0.2, -0.15) is 8.61 Å². The van der Waals surface area contributed by atoms with Crippen molar-refractivity contribution in [2.24, 2.45) is 0 Å². The number of hydrogen-bond donors (Lipinski definition) is 2. The summed E-state index contributed by atoms with van der Waals surface area (Å²) < 4.78 is 77.9. The van der Waals surface area contributed by atoms with Crippen LogP contribution in [0.4, 0.5) is 11.9 Å². The van der Waals surface area contributed by atoms with Gasteiger partial charge in [0, 0.05) is 82.2 Å². The highest BCUT2D eigenvalue weighted by Crippen LogP contribution is 2.31. The highest BCUT2D eigenvalue weighted by Gasteiger charge is 2.26. The van der Waals surface area contributed by atoms with Crippen molar-refractivity contribution in [3.63, 3.8) is 0 Å². The summed E-state index contributed by atoms with van der Waals surface area (Å²) in [5.41, 5.74) is 9.18. The Morgan fingerprint density at radius 1 is 0.707 bits per heavy atom. The van der Waals surface area contributed by atoms with Crippen LogP contribution in [0.1, 0.15) is 45.6 Å². The molecule has 18 nitrogen and oxygen atoms in total. The summed E-state index contributed by atoms with van der Waals surface area (Å²) in [5.74, 6) is 0.862. The van der Waals surface area contributed by atoms with E-state index in [0.717, 1.165) is 86.4 Å². The minimum absolute atomic E-state index is 0.212. The van der Waals surface area contributed by atoms with Crippen molar-refractivity contribution in [3.05, 3.63) is 36.2 Å². The van der Waals surface area contributed by atoms with Crippen molar-refractivity contribution in [2.45, 2.75) is 46.6 Å². The lowest BCUT2D eigenvalue weighted by molar-refractivity contribution is -0.901. The molecule has 0 radical (unpaired) electrons. The average Bonchev–Trinajstić information content (AvgIpc) is 3.22. The van der Waals surface area contributed by atoms with Crippen molar-refractivity contribution in [2.75, 3.05) is 128 Å². The Morgan fingerprint density at radius 3 is 1.76 bits per heavy atom. The normalized spacial score (nSPS) is 19.6. The zero-order valence-electron chi connectivity index (χ0n) is 35.0. The molecule has 0 amide bonds. The molecule has 4 aliphatic heterocycles. The second kappa shape index (κ2) is 21.9. The van der Waals surface area contributed by atoms with E-state index in [1.165, 1.54) is 34.4 Å². The maximum atomic E-state index is 11.9. The summed E-state index contributed by atoms with van der Waals surface area (Å²) in [6, 6.07) is 6.09. The predicted octanol–water partition coefficient (Wildman–Crippen LogP) is 0.207. The van der Waals surface area contributed by atoms with Crippen LogP contribution in [0, 0.1) is 0 Å². The number of nitrogens with zero attached hydrogens (tertiary/aromatic N) is 9. The summed E-state index contributed by atoms with van der Waals surface area (Å²) in [6.07, 6.45) is 10.4. The number of quaternary nitrogens is 1. The number of rotatable bonds is 8. The third kappa shape index (κ3) is 14.0. The number of ether oxygens (including phenoxy) is 1. The van der Waals surface area contributed by atoms with Crippen LogP contribution < -0.4 is 15.5 Å². The molecule has 0 atom stereocenters. The predicted molar refractivity (Wildman–Crippen MR) is 229 cm³/mol. The second-order valence-corrected chi connectivity index (χ2v) is 20.5. The lowest BCUT2D eigenvalue weighted by atomic mass is 10.0. The molecule has 0 saturated carbocycles. The van der Waals surface area contributed by atoms with Crippen molar-refractivity contribution >= 4 is 52.9 Å². The number of nitrogen functional groups attached to an aromatic ring is 1. The zero-order chi connectivity index (χ0) is 42.5. The van der Waals surface area contributed by atoms with E-state index in [4.69, 9.17) is 20.4 Å². The fraction of sp³-hybridized carbons (Fsp3) is 0.676. The van der Waals surface area contributed by atoms with Crippen LogP contribution in [0.3, 0.4) is 0 Å². The number of benzene rings is 1. The quantitative estimate of drug-likeness (QED) is 0.310. The molecule has 0 bridgehead atoms. The maximum Gasteiger partial charge on any atom is 0.226 e. The second-order valence-electron chi connectivity index (χ2n) is 14.5. The summed E-state index contributed by atoms with van der Waals surface area (Å²) in [6.45, 7) is 17.6. The van der Waals surface area contributed by atoms with Crippen LogP contribution in [0.25, 0.3) is 22.2 Å². The van der Waals surface area contributed by atoms with E-state index in [1.54, 1.807) is 21.0 Å². The first-order valence-electron chi connectivity index (χ1n) is 20.1. The third-order valence-electron chi connectivity index (χ3n) is 10.4. The van der Waals surface area contributed by atoms with Crippen molar-refractivity contribution in [3.8, 4) is 11.3 Å². The molecule has 7 rings (SSSR count). The van der Waals surface area contributed by atoms with Crippen LogP contribution in [0.5, 0.6) is 0 Å². The molecule has 4 saturated heterocycles. The zero-order valence-corrected chi connectivity index (χ0v) is 37.5. The molecular formula is C37H64N11O7S3+. The van der Waals surface area contributed by atoms with Gasteiger partial charge in [-0.15, -0.1) is 0 Å². The Kier molecular flexibility index (Phi) is 18.0. The summed E-state index contributed by atoms with van der Waals surface area (Å²) in [7, 11) is -8.99. The lowest BCUT2D eigenvalue weighted by Crippen LogP contribution is -3.14. The monoisotopic (exact) mass is 870 g/mol. The summed E-state index contributed by atoms with van der Waals surface area (Å²) in [5, 5.41) is 0.914. The Hall–Kier alpha value is -3.15. The van der Waals surface area contributed by atoms with Gasteiger partial charge in [0.25, 0.3) is 0 Å². The highest BCUT2D eigenvalue weighted by atomic mass is 32.2. The van der Waals surface area contributed by atoms with Gasteiger partial charge in [0.05, 0.1) is 75.9 Å². The van der Waals surface area contributed by atoms with Crippen LogP contribution in [0.2, 0.25) is 0 Å². The number of morpholine rings is 1. The number of sulfonamides is 3. The van der Waals surface area contributed by atoms with Gasteiger partial charge in [-0.25, -0.2) is 49.5 Å². The molecule has 2 aromatic heterocycles. The Bertz CT molecular complexity index is 2070. The number of nitrogens with two attached hydrogens (primary N) is 1. The van der Waals surface area contributed by atoms with Crippen LogP contribution in [-0.2, 0) is 41.4 Å². The van der Waals surface area contributed by atoms with Gasteiger partial charge in [-0.05, 0) is 25.3 Å². The Morgan fingerprint density at radius 2 is 1.24 bits per heavy atom. The van der Waals surface area contributed by atoms with Crippen molar-refractivity contribution in [1.82, 2.24) is 37.8 Å². The fourth-order valence-electron chi connectivity index (χ4n) is 7.06. The van der Waals surface area contributed by atoms with Gasteiger partial charge in [0.2, 0.25) is 42.0 Å². The fourth-order valence-corrected chi connectivity index (χ4v) is 9.65. The molecule has 0 unspecified atom stereocenters. The van der Waals surface area contributed by atoms with Crippen molar-refractivity contribution in [1.29, 1.82) is 0 Å².